The fourth-order valence-corrected chi connectivity index (χ4v) is 99.8. The zero-order valence-corrected chi connectivity index (χ0v) is 23.6. The highest BCUT2D eigenvalue weighted by Crippen LogP contribution is 2.40. The third-order valence-corrected chi connectivity index (χ3v) is 73.2. The molecular formula is C19H48O2Si4. The summed E-state index contributed by atoms with van der Waals surface area (Å²) in [5, 5.41) is 10.9. The Bertz CT molecular complexity index is 379. The maximum atomic E-state index is 10.9. The van der Waals surface area contributed by atoms with Gasteiger partial charge in [0.25, 0.3) is 0 Å². The van der Waals surface area contributed by atoms with E-state index in [2.05, 4.69) is 79.7 Å². The molecule has 2 atom stereocenters. The van der Waals surface area contributed by atoms with E-state index in [-0.39, 0.29) is 6.10 Å². The van der Waals surface area contributed by atoms with Crippen LogP contribution in [0.15, 0.2) is 0 Å². The van der Waals surface area contributed by atoms with Crippen molar-refractivity contribution in [1.82, 2.24) is 0 Å². The molecule has 0 amide bonds. The van der Waals surface area contributed by atoms with Gasteiger partial charge in [0.1, 0.15) is 0 Å². The van der Waals surface area contributed by atoms with Gasteiger partial charge < -0.3 is 9.53 Å². The fourth-order valence-electron chi connectivity index (χ4n) is 5.62. The van der Waals surface area contributed by atoms with Crippen molar-refractivity contribution in [3.05, 3.63) is 0 Å². The summed E-state index contributed by atoms with van der Waals surface area (Å²) in [6.45, 7) is 30.0. The van der Waals surface area contributed by atoms with Crippen molar-refractivity contribution in [1.29, 1.82) is 0 Å². The number of rotatable bonds is 10. The zero-order valence-electron chi connectivity index (χ0n) is 19.6. The summed E-state index contributed by atoms with van der Waals surface area (Å²) in [5.41, 5.74) is -0.609. The van der Waals surface area contributed by atoms with Gasteiger partial charge in [0.2, 0.25) is 0 Å². The Morgan fingerprint density at radius 1 is 0.840 bits per heavy atom. The van der Waals surface area contributed by atoms with Crippen LogP contribution in [0.25, 0.3) is 0 Å². The second kappa shape index (κ2) is 8.43. The average Bonchev–Trinajstić information content (AvgIpc) is 2.28. The molecule has 0 aromatic rings. The molecule has 0 aromatic heterocycles. The SMILES string of the molecule is CCC[C@](C)(O)C[C@@H](O[Si]([Si](C)(C)C)([Si](C)(C)C)[Si](C)(C)C)C(C)C. The number of hydrogen-bond donors (Lipinski definition) is 1. The van der Waals surface area contributed by atoms with E-state index in [0.29, 0.717) is 5.92 Å². The molecule has 0 aromatic carbocycles. The van der Waals surface area contributed by atoms with Gasteiger partial charge in [0.05, 0.1) is 28.4 Å². The van der Waals surface area contributed by atoms with Gasteiger partial charge in [0.15, 0.2) is 6.87 Å². The molecule has 0 saturated carbocycles. The highest BCUT2D eigenvalue weighted by molar-refractivity contribution is 7.87. The van der Waals surface area contributed by atoms with Crippen LogP contribution in [0.3, 0.4) is 0 Å². The molecule has 6 heteroatoms. The van der Waals surface area contributed by atoms with Crippen LogP contribution >= 0.6 is 0 Å². The Kier molecular flexibility index (Phi) is 8.70. The topological polar surface area (TPSA) is 29.5 Å². The summed E-state index contributed by atoms with van der Waals surface area (Å²) < 4.78 is 7.44. The Hall–Kier alpha value is 0.788. The maximum absolute atomic E-state index is 10.9. The third kappa shape index (κ3) is 6.14. The van der Waals surface area contributed by atoms with Crippen molar-refractivity contribution in [3.8, 4) is 0 Å². The molecule has 0 aliphatic rings. The highest BCUT2D eigenvalue weighted by atomic mass is 29.9. The molecule has 152 valence electrons. The molecule has 1 N–H and O–H groups in total. The summed E-state index contributed by atoms with van der Waals surface area (Å²) in [7, 11) is -4.36. The van der Waals surface area contributed by atoms with E-state index >= 15 is 0 Å². The molecule has 25 heavy (non-hydrogen) atoms. The van der Waals surface area contributed by atoms with Gasteiger partial charge in [0, 0.05) is 12.5 Å². The van der Waals surface area contributed by atoms with Crippen molar-refractivity contribution >= 4 is 29.6 Å². The minimum Gasteiger partial charge on any atom is -0.423 e. The van der Waals surface area contributed by atoms with Gasteiger partial charge in [-0.3, -0.25) is 0 Å². The van der Waals surface area contributed by atoms with Crippen LogP contribution in [0, 0.1) is 5.92 Å². The normalized spacial score (nSPS) is 18.4. The van der Waals surface area contributed by atoms with Gasteiger partial charge >= 0.3 is 0 Å². The number of aliphatic hydroxyl groups is 1. The maximum Gasteiger partial charge on any atom is 0.158 e. The van der Waals surface area contributed by atoms with E-state index in [1.807, 2.05) is 6.92 Å². The van der Waals surface area contributed by atoms with E-state index in [1.165, 1.54) is 0 Å². The zero-order chi connectivity index (χ0) is 20.5. The van der Waals surface area contributed by atoms with E-state index in [4.69, 9.17) is 4.43 Å². The van der Waals surface area contributed by atoms with E-state index in [1.54, 1.807) is 0 Å². The predicted octanol–water partition coefficient (Wildman–Crippen LogP) is 6.16. The third-order valence-electron chi connectivity index (χ3n) is 5.67. The lowest BCUT2D eigenvalue weighted by atomic mass is 9.89. The first-order valence-corrected chi connectivity index (χ1v) is 25.6. The Morgan fingerprint density at radius 2 is 1.20 bits per heavy atom. The Balaban J connectivity index is 6.13. The predicted molar refractivity (Wildman–Crippen MR) is 126 cm³/mol. The summed E-state index contributed by atoms with van der Waals surface area (Å²) in [6, 6.07) is 0. The summed E-state index contributed by atoms with van der Waals surface area (Å²) in [6.07, 6.45) is 2.86. The summed E-state index contributed by atoms with van der Waals surface area (Å²) in [5.74, 6) is 0.458. The van der Waals surface area contributed by atoms with Crippen molar-refractivity contribution < 1.29 is 9.53 Å². The number of hydrogen-bond acceptors (Lipinski definition) is 2. The minimum absolute atomic E-state index is 0.193. The van der Waals surface area contributed by atoms with Gasteiger partial charge in [-0.1, -0.05) is 86.1 Å². The smallest absolute Gasteiger partial charge is 0.158 e. The van der Waals surface area contributed by atoms with Crippen LogP contribution in [0.2, 0.25) is 58.9 Å². The molecule has 0 aliphatic carbocycles. The fraction of sp³-hybridized carbons (Fsp3) is 1.00. The second-order valence-electron chi connectivity index (χ2n) is 11.8. The quantitative estimate of drug-likeness (QED) is 0.428. The first-order valence-electron chi connectivity index (χ1n) is 10.2. The van der Waals surface area contributed by atoms with E-state index in [9.17, 15) is 5.11 Å². The molecule has 2 nitrogen and oxygen atoms in total. The van der Waals surface area contributed by atoms with Crippen LogP contribution < -0.4 is 0 Å². The lowest BCUT2D eigenvalue weighted by Gasteiger charge is -2.58. The monoisotopic (exact) mass is 420 g/mol. The Labute approximate surface area is 162 Å². The highest BCUT2D eigenvalue weighted by Gasteiger charge is 2.64. The molecule has 0 heterocycles. The summed E-state index contributed by atoms with van der Waals surface area (Å²) in [4.78, 5) is 0. The minimum atomic E-state index is -1.84. The van der Waals surface area contributed by atoms with Crippen molar-refractivity contribution in [2.24, 2.45) is 5.92 Å². The van der Waals surface area contributed by atoms with Crippen molar-refractivity contribution in [2.45, 2.75) is 118 Å². The molecule has 0 radical (unpaired) electrons. The van der Waals surface area contributed by atoms with Gasteiger partial charge in [-0.05, 0) is 19.3 Å². The molecular weight excluding hydrogens is 373 g/mol. The molecule has 0 spiro atoms. The molecule has 0 rings (SSSR count). The first-order chi connectivity index (χ1) is 10.8. The molecule has 0 unspecified atom stereocenters. The first kappa shape index (κ1) is 25.8. The average molecular weight is 421 g/mol. The molecule has 0 aliphatic heterocycles. The van der Waals surface area contributed by atoms with Crippen molar-refractivity contribution in [3.63, 3.8) is 0 Å². The van der Waals surface area contributed by atoms with Gasteiger partial charge in [-0.25, -0.2) is 0 Å². The standard InChI is InChI=1S/C19H48O2Si4/c1-14-15-19(4,20)16-18(17(2)3)21-25(22(5,6)7,23(8,9)10)24(11,12)13/h17-18,20H,14-16H2,1-13H3/t18-,19+/m1/s1. The van der Waals surface area contributed by atoms with Crippen LogP contribution in [0.1, 0.15) is 47.0 Å². The van der Waals surface area contributed by atoms with E-state index in [0.717, 1.165) is 19.3 Å². The van der Waals surface area contributed by atoms with E-state index < -0.39 is 35.2 Å². The second-order valence-corrected chi connectivity index (χ2v) is 51.2. The van der Waals surface area contributed by atoms with Crippen LogP contribution in [-0.4, -0.2) is 46.5 Å². The van der Waals surface area contributed by atoms with Crippen LogP contribution in [0.4, 0.5) is 0 Å². The van der Waals surface area contributed by atoms with Gasteiger partial charge in [-0.2, -0.15) is 0 Å². The summed E-state index contributed by atoms with van der Waals surface area (Å²) >= 11 is 0. The van der Waals surface area contributed by atoms with Crippen LogP contribution in [0.5, 0.6) is 0 Å². The van der Waals surface area contributed by atoms with Gasteiger partial charge in [-0.15, -0.1) is 0 Å². The Morgan fingerprint density at radius 3 is 1.44 bits per heavy atom. The van der Waals surface area contributed by atoms with Crippen LogP contribution in [-0.2, 0) is 4.43 Å². The largest absolute Gasteiger partial charge is 0.423 e. The van der Waals surface area contributed by atoms with Crippen molar-refractivity contribution in [2.75, 3.05) is 0 Å². The lowest BCUT2D eigenvalue weighted by molar-refractivity contribution is -0.00807. The molecule has 0 saturated heterocycles. The molecule has 0 fully saturated rings. The lowest BCUT2D eigenvalue weighted by Crippen LogP contribution is -2.85. The molecule has 0 bridgehead atoms.